The van der Waals surface area contributed by atoms with Gasteiger partial charge in [-0.15, -0.1) is 0 Å². The Bertz CT molecular complexity index is 1120. The van der Waals surface area contributed by atoms with Crippen molar-refractivity contribution >= 4 is 11.7 Å². The van der Waals surface area contributed by atoms with Gasteiger partial charge in [-0.1, -0.05) is 43.7 Å². The van der Waals surface area contributed by atoms with Crippen LogP contribution in [0.5, 0.6) is 11.5 Å². The zero-order valence-corrected chi connectivity index (χ0v) is 18.5. The number of carbonyl (C=O) groups is 1. The number of hydrogen-bond donors (Lipinski definition) is 1. The maximum absolute atomic E-state index is 12.4. The van der Waals surface area contributed by atoms with E-state index in [-0.39, 0.29) is 12.1 Å². The Morgan fingerprint density at radius 1 is 1.06 bits per heavy atom. The molecule has 0 aliphatic rings. The molecule has 0 amide bonds. The van der Waals surface area contributed by atoms with Crippen molar-refractivity contribution in [2.45, 2.75) is 46.0 Å². The van der Waals surface area contributed by atoms with Crippen molar-refractivity contribution in [3.8, 4) is 11.5 Å². The van der Waals surface area contributed by atoms with Crippen LogP contribution in [0.15, 0.2) is 60.7 Å². The van der Waals surface area contributed by atoms with E-state index in [1.54, 1.807) is 19.9 Å². The lowest BCUT2D eigenvalue weighted by atomic mass is 9.83. The number of benzene rings is 3. The molecule has 0 aromatic heterocycles. The van der Waals surface area contributed by atoms with Crippen LogP contribution in [0.3, 0.4) is 0 Å². The molecule has 0 fully saturated rings. The molecule has 6 heteroatoms. The van der Waals surface area contributed by atoms with Gasteiger partial charge in [0.05, 0.1) is 10.8 Å². The predicted molar refractivity (Wildman–Crippen MR) is 124 cm³/mol. The maximum atomic E-state index is 12.4. The molecule has 3 aromatic rings. The minimum absolute atomic E-state index is 0.00716. The van der Waals surface area contributed by atoms with Gasteiger partial charge in [0.1, 0.15) is 11.5 Å². The first-order chi connectivity index (χ1) is 15.3. The summed E-state index contributed by atoms with van der Waals surface area (Å²) in [6.07, 6.45) is 1.69. The molecule has 1 unspecified atom stereocenters. The van der Waals surface area contributed by atoms with E-state index in [0.29, 0.717) is 34.6 Å². The quantitative estimate of drug-likeness (QED) is 0.313. The molecule has 32 heavy (non-hydrogen) atoms. The van der Waals surface area contributed by atoms with E-state index in [9.17, 15) is 20.0 Å². The summed E-state index contributed by atoms with van der Waals surface area (Å²) in [5.74, 6) is -0.603. The highest BCUT2D eigenvalue weighted by molar-refractivity contribution is 5.79. The summed E-state index contributed by atoms with van der Waals surface area (Å²) >= 11 is 0. The van der Waals surface area contributed by atoms with Crippen LogP contribution < -0.4 is 4.74 Å². The van der Waals surface area contributed by atoms with Crippen molar-refractivity contribution in [3.05, 3.63) is 98.6 Å². The fraction of sp³-hybridized carbons (Fsp3) is 0.269. The highest BCUT2D eigenvalue weighted by Crippen LogP contribution is 2.36. The summed E-state index contributed by atoms with van der Waals surface area (Å²) in [7, 11) is 0. The van der Waals surface area contributed by atoms with E-state index < -0.39 is 16.8 Å². The monoisotopic (exact) mass is 433 g/mol. The van der Waals surface area contributed by atoms with Crippen molar-refractivity contribution in [1.29, 1.82) is 0 Å². The molecular weight excluding hydrogens is 406 g/mol. The van der Waals surface area contributed by atoms with Crippen LogP contribution in [-0.4, -0.2) is 16.0 Å². The van der Waals surface area contributed by atoms with Crippen molar-refractivity contribution in [1.82, 2.24) is 0 Å². The third-order valence-electron chi connectivity index (χ3n) is 5.54. The number of rotatable bonds is 9. The standard InChI is InChI=1S/C26H27NO5/c1-4-9-20-14-17(2)25(27(30)31)18(3)24(20)23(26(28)29)16-19-10-8-13-22(15-19)32-21-11-6-5-7-12-21/h5-8,10-15,23H,4,9,16H2,1-3H3,(H,28,29). The van der Waals surface area contributed by atoms with Gasteiger partial charge < -0.3 is 9.84 Å². The number of carboxylic acids is 1. The van der Waals surface area contributed by atoms with Gasteiger partial charge in [-0.2, -0.15) is 0 Å². The number of para-hydroxylation sites is 1. The predicted octanol–water partition coefficient (Wildman–Crippen LogP) is 6.37. The molecule has 0 spiro atoms. The van der Waals surface area contributed by atoms with Gasteiger partial charge in [-0.3, -0.25) is 14.9 Å². The average molecular weight is 434 g/mol. The lowest BCUT2D eigenvalue weighted by molar-refractivity contribution is -0.386. The zero-order chi connectivity index (χ0) is 23.3. The van der Waals surface area contributed by atoms with Crippen LogP contribution in [0.25, 0.3) is 0 Å². The fourth-order valence-corrected chi connectivity index (χ4v) is 4.22. The number of nitro benzene ring substituents is 1. The van der Waals surface area contributed by atoms with Crippen LogP contribution in [0.4, 0.5) is 5.69 Å². The van der Waals surface area contributed by atoms with Gasteiger partial charge in [0.25, 0.3) is 5.69 Å². The molecule has 1 N–H and O–H groups in total. The molecule has 0 aliphatic heterocycles. The van der Waals surface area contributed by atoms with E-state index >= 15 is 0 Å². The first-order valence-electron chi connectivity index (χ1n) is 10.6. The maximum Gasteiger partial charge on any atom is 0.311 e. The average Bonchev–Trinajstić information content (AvgIpc) is 2.73. The number of ether oxygens (including phenoxy) is 1. The first-order valence-corrected chi connectivity index (χ1v) is 10.6. The van der Waals surface area contributed by atoms with Gasteiger partial charge in [0.2, 0.25) is 0 Å². The summed E-state index contributed by atoms with van der Waals surface area (Å²) in [4.78, 5) is 23.6. The van der Waals surface area contributed by atoms with Crippen LogP contribution >= 0.6 is 0 Å². The lowest BCUT2D eigenvalue weighted by Gasteiger charge is -2.21. The third-order valence-corrected chi connectivity index (χ3v) is 5.54. The number of hydrogen-bond acceptors (Lipinski definition) is 4. The molecule has 6 nitrogen and oxygen atoms in total. The second kappa shape index (κ2) is 10.1. The summed E-state index contributed by atoms with van der Waals surface area (Å²) < 4.78 is 5.88. The molecule has 0 heterocycles. The number of nitro groups is 1. The summed E-state index contributed by atoms with van der Waals surface area (Å²) in [5, 5.41) is 21.8. The SMILES string of the molecule is CCCc1cc(C)c([N+](=O)[O-])c(C)c1C(Cc1cccc(Oc2ccccc2)c1)C(=O)O. The van der Waals surface area contributed by atoms with Crippen LogP contribution in [0.1, 0.15) is 47.1 Å². The van der Waals surface area contributed by atoms with Crippen molar-refractivity contribution < 1.29 is 19.6 Å². The van der Waals surface area contributed by atoms with Crippen LogP contribution in [0, 0.1) is 24.0 Å². The van der Waals surface area contributed by atoms with Crippen molar-refractivity contribution in [2.75, 3.05) is 0 Å². The van der Waals surface area contributed by atoms with E-state index in [1.165, 1.54) is 0 Å². The number of aliphatic carboxylic acids is 1. The minimum Gasteiger partial charge on any atom is -0.481 e. The van der Waals surface area contributed by atoms with E-state index in [4.69, 9.17) is 4.74 Å². The second-order valence-electron chi connectivity index (χ2n) is 7.90. The molecule has 0 saturated heterocycles. The Kier molecular flexibility index (Phi) is 7.25. The van der Waals surface area contributed by atoms with Gasteiger partial charge in [0, 0.05) is 11.1 Å². The zero-order valence-electron chi connectivity index (χ0n) is 18.5. The Morgan fingerprint density at radius 3 is 2.38 bits per heavy atom. The van der Waals surface area contributed by atoms with Crippen LogP contribution in [0.2, 0.25) is 0 Å². The Hall–Kier alpha value is -3.67. The Labute approximate surface area is 187 Å². The smallest absolute Gasteiger partial charge is 0.311 e. The summed E-state index contributed by atoms with van der Waals surface area (Å²) in [5.41, 5.74) is 3.18. The highest BCUT2D eigenvalue weighted by atomic mass is 16.6. The molecule has 0 bridgehead atoms. The highest BCUT2D eigenvalue weighted by Gasteiger charge is 2.30. The molecule has 3 rings (SSSR count). The molecule has 3 aromatic carbocycles. The van der Waals surface area contributed by atoms with E-state index in [1.807, 2.05) is 61.5 Å². The molecule has 1 atom stereocenters. The molecule has 0 saturated carbocycles. The third kappa shape index (κ3) is 5.14. The number of carboxylic acid groups (broad SMARTS) is 1. The first kappa shape index (κ1) is 23.0. The molecule has 0 aliphatic carbocycles. The van der Waals surface area contributed by atoms with E-state index in [0.717, 1.165) is 17.5 Å². The van der Waals surface area contributed by atoms with Gasteiger partial charge in [-0.05, 0) is 73.7 Å². The van der Waals surface area contributed by atoms with Crippen molar-refractivity contribution in [3.63, 3.8) is 0 Å². The second-order valence-corrected chi connectivity index (χ2v) is 7.90. The number of nitrogens with zero attached hydrogens (tertiary/aromatic N) is 1. The summed E-state index contributed by atoms with van der Waals surface area (Å²) in [6, 6.07) is 18.4. The Morgan fingerprint density at radius 2 is 1.75 bits per heavy atom. The topological polar surface area (TPSA) is 89.7 Å². The van der Waals surface area contributed by atoms with Gasteiger partial charge in [0.15, 0.2) is 0 Å². The molecule has 0 radical (unpaired) electrons. The molecular formula is C26H27NO5. The number of aryl methyl sites for hydroxylation is 2. The van der Waals surface area contributed by atoms with Gasteiger partial charge >= 0.3 is 5.97 Å². The molecule has 166 valence electrons. The normalized spacial score (nSPS) is 11.7. The fourth-order valence-electron chi connectivity index (χ4n) is 4.22. The lowest BCUT2D eigenvalue weighted by Crippen LogP contribution is -2.19. The van der Waals surface area contributed by atoms with Gasteiger partial charge in [-0.25, -0.2) is 0 Å². The largest absolute Gasteiger partial charge is 0.481 e. The van der Waals surface area contributed by atoms with Crippen LogP contribution in [-0.2, 0) is 17.6 Å². The Balaban J connectivity index is 2.01. The summed E-state index contributed by atoms with van der Waals surface area (Å²) in [6.45, 7) is 5.37. The minimum atomic E-state index is -1.00. The van der Waals surface area contributed by atoms with E-state index in [2.05, 4.69) is 0 Å². The van der Waals surface area contributed by atoms with Crippen molar-refractivity contribution in [2.24, 2.45) is 0 Å².